The summed E-state index contributed by atoms with van der Waals surface area (Å²) in [6, 6.07) is 3.52. The molecule has 20 heavy (non-hydrogen) atoms. The van der Waals surface area contributed by atoms with Crippen molar-refractivity contribution in [1.82, 2.24) is 9.80 Å². The van der Waals surface area contributed by atoms with Crippen molar-refractivity contribution in [2.45, 2.75) is 58.3 Å². The summed E-state index contributed by atoms with van der Waals surface area (Å²) in [5.74, 6) is 2.00. The van der Waals surface area contributed by atoms with E-state index in [4.69, 9.17) is 10.2 Å². The van der Waals surface area contributed by atoms with Crippen LogP contribution in [0.3, 0.4) is 0 Å². The van der Waals surface area contributed by atoms with Crippen molar-refractivity contribution in [1.29, 1.82) is 0 Å². The average Bonchev–Trinajstić information content (AvgIpc) is 2.79. The molecule has 1 aromatic rings. The summed E-state index contributed by atoms with van der Waals surface area (Å²) in [4.78, 5) is 5.26. The van der Waals surface area contributed by atoms with Crippen LogP contribution in [-0.2, 0) is 13.1 Å². The standard InChI is InChI=1S/C16H27N3O/c1-12-7-15(20-16(12)8-17)11-19-10-14-5-3-4-6-18(14)9-13(19)2/h7,13-14H,3-6,8-11,17H2,1-2H3. The van der Waals surface area contributed by atoms with Crippen LogP contribution in [0.15, 0.2) is 10.5 Å². The van der Waals surface area contributed by atoms with Crippen LogP contribution in [0.25, 0.3) is 0 Å². The molecule has 3 heterocycles. The molecule has 0 bridgehead atoms. The predicted molar refractivity (Wildman–Crippen MR) is 80.4 cm³/mol. The lowest BCUT2D eigenvalue weighted by atomic mass is 9.97. The summed E-state index contributed by atoms with van der Waals surface area (Å²) in [7, 11) is 0. The van der Waals surface area contributed by atoms with E-state index in [1.165, 1.54) is 44.5 Å². The third-order valence-electron chi connectivity index (χ3n) is 4.93. The lowest BCUT2D eigenvalue weighted by Gasteiger charge is -2.47. The number of nitrogens with two attached hydrogens (primary N) is 1. The van der Waals surface area contributed by atoms with Crippen molar-refractivity contribution >= 4 is 0 Å². The van der Waals surface area contributed by atoms with Gasteiger partial charge in [0.05, 0.1) is 13.1 Å². The molecule has 2 unspecified atom stereocenters. The second-order valence-electron chi connectivity index (χ2n) is 6.45. The zero-order valence-electron chi connectivity index (χ0n) is 12.8. The molecule has 2 aliphatic heterocycles. The Bertz CT molecular complexity index is 457. The zero-order chi connectivity index (χ0) is 14.1. The van der Waals surface area contributed by atoms with Gasteiger partial charge < -0.3 is 10.2 Å². The van der Waals surface area contributed by atoms with Gasteiger partial charge in [-0.3, -0.25) is 9.80 Å². The normalized spacial score (nSPS) is 28.6. The Hall–Kier alpha value is -0.840. The first kappa shape index (κ1) is 14.1. The van der Waals surface area contributed by atoms with Gasteiger partial charge in [0, 0.05) is 25.2 Å². The average molecular weight is 277 g/mol. The van der Waals surface area contributed by atoms with Gasteiger partial charge in [0.1, 0.15) is 11.5 Å². The maximum Gasteiger partial charge on any atom is 0.120 e. The molecule has 4 heteroatoms. The number of nitrogens with zero attached hydrogens (tertiary/aromatic N) is 2. The summed E-state index contributed by atoms with van der Waals surface area (Å²) in [5.41, 5.74) is 6.88. The molecule has 0 aromatic carbocycles. The molecule has 0 saturated carbocycles. The van der Waals surface area contributed by atoms with Crippen molar-refractivity contribution < 1.29 is 4.42 Å². The van der Waals surface area contributed by atoms with Gasteiger partial charge in [0.2, 0.25) is 0 Å². The minimum atomic E-state index is 0.498. The van der Waals surface area contributed by atoms with E-state index < -0.39 is 0 Å². The smallest absolute Gasteiger partial charge is 0.120 e. The largest absolute Gasteiger partial charge is 0.463 e. The van der Waals surface area contributed by atoms with Gasteiger partial charge in [-0.2, -0.15) is 0 Å². The van der Waals surface area contributed by atoms with Gasteiger partial charge in [0.15, 0.2) is 0 Å². The number of hydrogen-bond acceptors (Lipinski definition) is 4. The summed E-state index contributed by atoms with van der Waals surface area (Å²) < 4.78 is 5.87. The van der Waals surface area contributed by atoms with E-state index in [-0.39, 0.29) is 0 Å². The molecule has 2 aliphatic rings. The number of fused-ring (bicyclic) bond motifs is 1. The van der Waals surface area contributed by atoms with Gasteiger partial charge in [-0.15, -0.1) is 0 Å². The number of aryl methyl sites for hydroxylation is 1. The van der Waals surface area contributed by atoms with Crippen molar-refractivity contribution in [3.63, 3.8) is 0 Å². The lowest BCUT2D eigenvalue weighted by molar-refractivity contribution is 0.00792. The third-order valence-corrected chi connectivity index (χ3v) is 4.93. The molecule has 2 fully saturated rings. The molecule has 0 aliphatic carbocycles. The molecule has 3 rings (SSSR count). The predicted octanol–water partition coefficient (Wildman–Crippen LogP) is 2.11. The van der Waals surface area contributed by atoms with E-state index in [0.717, 1.165) is 24.1 Å². The van der Waals surface area contributed by atoms with Crippen LogP contribution in [-0.4, -0.2) is 41.5 Å². The first-order chi connectivity index (χ1) is 9.67. The first-order valence-electron chi connectivity index (χ1n) is 7.93. The molecular formula is C16H27N3O. The molecule has 0 spiro atoms. The summed E-state index contributed by atoms with van der Waals surface area (Å²) >= 11 is 0. The first-order valence-corrected chi connectivity index (χ1v) is 7.93. The molecule has 0 amide bonds. The second-order valence-corrected chi connectivity index (χ2v) is 6.45. The number of rotatable bonds is 3. The van der Waals surface area contributed by atoms with Gasteiger partial charge in [-0.1, -0.05) is 6.42 Å². The molecule has 1 aromatic heterocycles. The van der Waals surface area contributed by atoms with Gasteiger partial charge in [0.25, 0.3) is 0 Å². The van der Waals surface area contributed by atoms with E-state index in [2.05, 4.69) is 29.7 Å². The highest BCUT2D eigenvalue weighted by Crippen LogP contribution is 2.26. The van der Waals surface area contributed by atoms with Gasteiger partial charge in [-0.05, 0) is 44.9 Å². The van der Waals surface area contributed by atoms with Crippen LogP contribution in [0.4, 0.5) is 0 Å². The van der Waals surface area contributed by atoms with Crippen LogP contribution in [0.5, 0.6) is 0 Å². The maximum absolute atomic E-state index is 5.87. The van der Waals surface area contributed by atoms with Gasteiger partial charge >= 0.3 is 0 Å². The Morgan fingerprint density at radius 2 is 2.20 bits per heavy atom. The van der Waals surface area contributed by atoms with Crippen molar-refractivity contribution in [2.24, 2.45) is 5.73 Å². The molecular weight excluding hydrogens is 250 g/mol. The topological polar surface area (TPSA) is 45.6 Å². The number of furan rings is 1. The van der Waals surface area contributed by atoms with Crippen LogP contribution in [0.1, 0.15) is 43.3 Å². The van der Waals surface area contributed by atoms with E-state index >= 15 is 0 Å². The van der Waals surface area contributed by atoms with Crippen molar-refractivity contribution in [3.05, 3.63) is 23.2 Å². The Labute approximate surface area is 121 Å². The molecule has 2 N–H and O–H groups in total. The molecule has 2 saturated heterocycles. The van der Waals surface area contributed by atoms with Gasteiger partial charge in [-0.25, -0.2) is 0 Å². The number of piperidine rings is 1. The Morgan fingerprint density at radius 1 is 1.35 bits per heavy atom. The Kier molecular flexibility index (Phi) is 4.15. The van der Waals surface area contributed by atoms with E-state index in [1.807, 2.05) is 0 Å². The van der Waals surface area contributed by atoms with Crippen LogP contribution in [0, 0.1) is 6.92 Å². The summed E-state index contributed by atoms with van der Waals surface area (Å²) in [6.07, 6.45) is 4.12. The Balaban J connectivity index is 1.66. The number of hydrogen-bond donors (Lipinski definition) is 1. The monoisotopic (exact) mass is 277 g/mol. The zero-order valence-corrected chi connectivity index (χ0v) is 12.8. The molecule has 0 radical (unpaired) electrons. The quantitative estimate of drug-likeness (QED) is 0.919. The lowest BCUT2D eigenvalue weighted by Crippen LogP contribution is -2.58. The fourth-order valence-electron chi connectivity index (χ4n) is 3.70. The fraction of sp³-hybridized carbons (Fsp3) is 0.750. The molecule has 4 nitrogen and oxygen atoms in total. The van der Waals surface area contributed by atoms with E-state index in [9.17, 15) is 0 Å². The summed E-state index contributed by atoms with van der Waals surface area (Å²) in [6.45, 7) is 9.51. The van der Waals surface area contributed by atoms with Crippen LogP contribution < -0.4 is 5.73 Å². The van der Waals surface area contributed by atoms with Crippen LogP contribution in [0.2, 0.25) is 0 Å². The highest BCUT2D eigenvalue weighted by Gasteiger charge is 2.33. The molecule has 2 atom stereocenters. The second kappa shape index (κ2) is 5.88. The number of piperazine rings is 1. The highest BCUT2D eigenvalue weighted by molar-refractivity contribution is 5.20. The van der Waals surface area contributed by atoms with Crippen molar-refractivity contribution in [3.8, 4) is 0 Å². The Morgan fingerprint density at radius 3 is 2.95 bits per heavy atom. The van der Waals surface area contributed by atoms with E-state index in [1.54, 1.807) is 0 Å². The highest BCUT2D eigenvalue weighted by atomic mass is 16.3. The molecule has 112 valence electrons. The fourth-order valence-corrected chi connectivity index (χ4v) is 3.70. The SMILES string of the molecule is Cc1cc(CN2CC3CCCCN3CC2C)oc1CN. The summed E-state index contributed by atoms with van der Waals surface area (Å²) in [5, 5.41) is 0. The minimum Gasteiger partial charge on any atom is -0.463 e. The van der Waals surface area contributed by atoms with Crippen LogP contribution >= 0.6 is 0 Å². The maximum atomic E-state index is 5.87. The third kappa shape index (κ3) is 2.78. The van der Waals surface area contributed by atoms with E-state index in [0.29, 0.717) is 12.6 Å². The van der Waals surface area contributed by atoms with Crippen molar-refractivity contribution in [2.75, 3.05) is 19.6 Å². The minimum absolute atomic E-state index is 0.498.